The zero-order valence-corrected chi connectivity index (χ0v) is 13.6. The fraction of sp³-hybridized carbons (Fsp3) is 0.562. The number of nitrogens with one attached hydrogen (secondary N) is 1. The fourth-order valence-electron chi connectivity index (χ4n) is 2.33. The SMILES string of the molecule is CCNC(C)c1ccc(SCC(=O)N2CCOCC2)cc1. The molecule has 1 aliphatic rings. The maximum Gasteiger partial charge on any atom is 0.233 e. The summed E-state index contributed by atoms with van der Waals surface area (Å²) in [7, 11) is 0. The van der Waals surface area contributed by atoms with E-state index in [-0.39, 0.29) is 5.91 Å². The lowest BCUT2D eigenvalue weighted by molar-refractivity contribution is -0.132. The summed E-state index contributed by atoms with van der Waals surface area (Å²) in [6, 6.07) is 8.83. The molecule has 0 radical (unpaired) electrons. The van der Waals surface area contributed by atoms with Crippen molar-refractivity contribution in [2.24, 2.45) is 0 Å². The molecule has 1 amide bonds. The second-order valence-electron chi connectivity index (χ2n) is 5.13. The average Bonchev–Trinajstić information content (AvgIpc) is 2.54. The Bertz CT molecular complexity index is 444. The Labute approximate surface area is 131 Å². The highest BCUT2D eigenvalue weighted by Gasteiger charge is 2.16. The first-order chi connectivity index (χ1) is 10.2. The zero-order valence-electron chi connectivity index (χ0n) is 12.8. The number of hydrogen-bond acceptors (Lipinski definition) is 4. The highest BCUT2D eigenvalue weighted by molar-refractivity contribution is 8.00. The van der Waals surface area contributed by atoms with E-state index in [4.69, 9.17) is 4.74 Å². The Balaban J connectivity index is 1.81. The van der Waals surface area contributed by atoms with E-state index < -0.39 is 0 Å². The number of hydrogen-bond donors (Lipinski definition) is 1. The van der Waals surface area contributed by atoms with Crippen LogP contribution in [-0.2, 0) is 9.53 Å². The number of ether oxygens (including phenoxy) is 1. The van der Waals surface area contributed by atoms with E-state index in [1.54, 1.807) is 11.8 Å². The molecule has 1 N–H and O–H groups in total. The third kappa shape index (κ3) is 5.02. The minimum atomic E-state index is 0.202. The molecule has 1 saturated heterocycles. The van der Waals surface area contributed by atoms with Crippen molar-refractivity contribution in [3.8, 4) is 0 Å². The molecule has 2 rings (SSSR count). The van der Waals surface area contributed by atoms with Crippen molar-refractivity contribution in [1.82, 2.24) is 10.2 Å². The molecule has 0 aliphatic carbocycles. The highest BCUT2D eigenvalue weighted by Crippen LogP contribution is 2.21. The van der Waals surface area contributed by atoms with Crippen LogP contribution in [0.5, 0.6) is 0 Å². The molecule has 116 valence electrons. The molecule has 0 spiro atoms. The van der Waals surface area contributed by atoms with Gasteiger partial charge in [-0.05, 0) is 31.2 Å². The predicted molar refractivity (Wildman–Crippen MR) is 86.7 cm³/mol. The predicted octanol–water partition coefficient (Wildman–Crippen LogP) is 2.31. The van der Waals surface area contributed by atoms with Gasteiger partial charge in [0.2, 0.25) is 5.91 Å². The summed E-state index contributed by atoms with van der Waals surface area (Å²) < 4.78 is 5.26. The summed E-state index contributed by atoms with van der Waals surface area (Å²) >= 11 is 1.60. The molecule has 4 nitrogen and oxygen atoms in total. The Morgan fingerprint density at radius 1 is 1.33 bits per heavy atom. The summed E-state index contributed by atoms with van der Waals surface area (Å²) in [5, 5.41) is 3.40. The minimum Gasteiger partial charge on any atom is -0.378 e. The number of amides is 1. The van der Waals surface area contributed by atoms with Gasteiger partial charge in [0.05, 0.1) is 19.0 Å². The van der Waals surface area contributed by atoms with Gasteiger partial charge < -0.3 is 15.0 Å². The van der Waals surface area contributed by atoms with E-state index in [0.29, 0.717) is 25.0 Å². The van der Waals surface area contributed by atoms with Crippen LogP contribution in [0.15, 0.2) is 29.2 Å². The normalized spacial score (nSPS) is 16.8. The number of carbonyl (C=O) groups excluding carboxylic acids is 1. The maximum absolute atomic E-state index is 12.1. The molecular formula is C16H24N2O2S. The van der Waals surface area contributed by atoms with Crippen LogP contribution in [0.1, 0.15) is 25.5 Å². The quantitative estimate of drug-likeness (QED) is 0.819. The van der Waals surface area contributed by atoms with Gasteiger partial charge in [0, 0.05) is 24.0 Å². The van der Waals surface area contributed by atoms with Gasteiger partial charge in [0.25, 0.3) is 0 Å². The standard InChI is InChI=1S/C16H24N2O2S/c1-3-17-13(2)14-4-6-15(7-5-14)21-12-16(19)18-8-10-20-11-9-18/h4-7,13,17H,3,8-12H2,1-2H3. The molecule has 5 heteroatoms. The van der Waals surface area contributed by atoms with E-state index in [9.17, 15) is 4.79 Å². The first-order valence-electron chi connectivity index (χ1n) is 7.52. The van der Waals surface area contributed by atoms with Crippen molar-refractivity contribution in [1.29, 1.82) is 0 Å². The van der Waals surface area contributed by atoms with E-state index in [0.717, 1.165) is 24.5 Å². The van der Waals surface area contributed by atoms with Crippen molar-refractivity contribution in [3.63, 3.8) is 0 Å². The van der Waals surface area contributed by atoms with Crippen LogP contribution in [0.2, 0.25) is 0 Å². The van der Waals surface area contributed by atoms with Crippen LogP contribution in [0.3, 0.4) is 0 Å². The van der Waals surface area contributed by atoms with Gasteiger partial charge in [-0.3, -0.25) is 4.79 Å². The molecule has 1 heterocycles. The maximum atomic E-state index is 12.1. The second-order valence-corrected chi connectivity index (χ2v) is 6.18. The molecule has 0 aromatic heterocycles. The van der Waals surface area contributed by atoms with Crippen molar-refractivity contribution >= 4 is 17.7 Å². The van der Waals surface area contributed by atoms with Crippen LogP contribution in [0, 0.1) is 0 Å². The van der Waals surface area contributed by atoms with E-state index in [2.05, 4.69) is 43.4 Å². The summed E-state index contributed by atoms with van der Waals surface area (Å²) in [5.74, 6) is 0.704. The van der Waals surface area contributed by atoms with Gasteiger partial charge in [-0.2, -0.15) is 0 Å². The molecular weight excluding hydrogens is 284 g/mol. The molecule has 1 aliphatic heterocycles. The number of thioether (sulfide) groups is 1. The molecule has 1 aromatic carbocycles. The highest BCUT2D eigenvalue weighted by atomic mass is 32.2. The van der Waals surface area contributed by atoms with Crippen LogP contribution < -0.4 is 5.32 Å². The molecule has 0 bridgehead atoms. The fourth-order valence-corrected chi connectivity index (χ4v) is 3.13. The zero-order chi connectivity index (χ0) is 15.1. The average molecular weight is 308 g/mol. The van der Waals surface area contributed by atoms with Gasteiger partial charge in [-0.1, -0.05) is 19.1 Å². The summed E-state index contributed by atoms with van der Waals surface area (Å²) in [4.78, 5) is 15.1. The summed E-state index contributed by atoms with van der Waals surface area (Å²) in [6.45, 7) is 8.00. The molecule has 1 fully saturated rings. The van der Waals surface area contributed by atoms with Gasteiger partial charge in [0.1, 0.15) is 0 Å². The molecule has 21 heavy (non-hydrogen) atoms. The largest absolute Gasteiger partial charge is 0.378 e. The number of rotatable bonds is 6. The summed E-state index contributed by atoms with van der Waals surface area (Å²) in [6.07, 6.45) is 0. The lowest BCUT2D eigenvalue weighted by Gasteiger charge is -2.26. The molecule has 0 saturated carbocycles. The number of carbonyl (C=O) groups is 1. The van der Waals surface area contributed by atoms with Crippen LogP contribution >= 0.6 is 11.8 Å². The van der Waals surface area contributed by atoms with Gasteiger partial charge in [-0.15, -0.1) is 11.8 Å². The Morgan fingerprint density at radius 2 is 2.00 bits per heavy atom. The number of nitrogens with zero attached hydrogens (tertiary/aromatic N) is 1. The van der Waals surface area contributed by atoms with E-state index in [1.165, 1.54) is 5.56 Å². The first-order valence-corrected chi connectivity index (χ1v) is 8.51. The van der Waals surface area contributed by atoms with Gasteiger partial charge in [0.15, 0.2) is 0 Å². The molecule has 1 atom stereocenters. The molecule has 1 unspecified atom stereocenters. The van der Waals surface area contributed by atoms with Gasteiger partial charge in [-0.25, -0.2) is 0 Å². The van der Waals surface area contributed by atoms with E-state index in [1.807, 2.05) is 4.90 Å². The Morgan fingerprint density at radius 3 is 2.62 bits per heavy atom. The third-order valence-electron chi connectivity index (χ3n) is 3.62. The number of benzene rings is 1. The van der Waals surface area contributed by atoms with Crippen molar-refractivity contribution < 1.29 is 9.53 Å². The van der Waals surface area contributed by atoms with Crippen LogP contribution in [0.4, 0.5) is 0 Å². The van der Waals surface area contributed by atoms with Crippen molar-refractivity contribution in [2.45, 2.75) is 24.8 Å². The third-order valence-corrected chi connectivity index (χ3v) is 4.61. The lowest BCUT2D eigenvalue weighted by atomic mass is 10.1. The topological polar surface area (TPSA) is 41.6 Å². The monoisotopic (exact) mass is 308 g/mol. The second kappa shape index (κ2) is 8.41. The first kappa shape index (κ1) is 16.3. The van der Waals surface area contributed by atoms with Crippen LogP contribution in [-0.4, -0.2) is 49.4 Å². The lowest BCUT2D eigenvalue weighted by Crippen LogP contribution is -2.41. The van der Waals surface area contributed by atoms with Crippen molar-refractivity contribution in [2.75, 3.05) is 38.6 Å². The summed E-state index contributed by atoms with van der Waals surface area (Å²) in [5.41, 5.74) is 1.28. The smallest absolute Gasteiger partial charge is 0.233 e. The minimum absolute atomic E-state index is 0.202. The van der Waals surface area contributed by atoms with E-state index >= 15 is 0 Å². The van der Waals surface area contributed by atoms with Crippen LogP contribution in [0.25, 0.3) is 0 Å². The molecule has 1 aromatic rings. The number of morpholine rings is 1. The Kier molecular flexibility index (Phi) is 6.54. The van der Waals surface area contributed by atoms with Gasteiger partial charge >= 0.3 is 0 Å². The van der Waals surface area contributed by atoms with Crippen molar-refractivity contribution in [3.05, 3.63) is 29.8 Å². The Hall–Kier alpha value is -1.04.